The molecule has 0 aliphatic carbocycles. The molecular weight excluding hydrogens is 312 g/mol. The Labute approximate surface area is 128 Å². The predicted molar refractivity (Wildman–Crippen MR) is 81.1 cm³/mol. The van der Waals surface area contributed by atoms with Crippen molar-refractivity contribution in [1.29, 1.82) is 0 Å². The fourth-order valence-corrected chi connectivity index (χ4v) is 2.99. The Morgan fingerprint density at radius 2 is 2.05 bits per heavy atom. The molecule has 0 aliphatic rings. The fraction of sp³-hybridized carbons (Fsp3) is 0.143. The topological polar surface area (TPSA) is 76.1 Å². The molecule has 1 aromatic carbocycles. The number of hydrogen-bond acceptors (Lipinski definition) is 4. The lowest BCUT2D eigenvalue weighted by molar-refractivity contribution is 0.0988. The molecule has 0 saturated carbocycles. The smallest absolute Gasteiger partial charge is 0.263 e. The van der Waals surface area contributed by atoms with Crippen molar-refractivity contribution < 1.29 is 13.2 Å². The van der Waals surface area contributed by atoms with E-state index < -0.39 is 10.0 Å². The van der Waals surface area contributed by atoms with Crippen LogP contribution < -0.4 is 4.72 Å². The molecule has 1 N–H and O–H groups in total. The van der Waals surface area contributed by atoms with E-state index in [0.717, 1.165) is 0 Å². The Kier molecular flexibility index (Phi) is 4.59. The van der Waals surface area contributed by atoms with Crippen molar-refractivity contribution in [3.05, 3.63) is 53.2 Å². The summed E-state index contributed by atoms with van der Waals surface area (Å²) in [5.41, 5.74) is 0.354. The van der Waals surface area contributed by atoms with Crippen LogP contribution in [0.4, 0.5) is 5.82 Å². The maximum atomic E-state index is 12.3. The number of aromatic nitrogens is 1. The number of ketones is 1. The van der Waals surface area contributed by atoms with Crippen LogP contribution in [0.25, 0.3) is 0 Å². The van der Waals surface area contributed by atoms with Gasteiger partial charge in [0.2, 0.25) is 0 Å². The normalized spacial score (nSPS) is 11.1. The molecule has 0 radical (unpaired) electrons. The number of nitrogens with zero attached hydrogens (tertiary/aromatic N) is 1. The number of sulfonamides is 1. The molecule has 0 fully saturated rings. The SMILES string of the molecule is CCC(=O)c1cccc(S(=O)(=O)Nc2ncccc2Cl)c1. The zero-order chi connectivity index (χ0) is 15.5. The first-order chi connectivity index (χ1) is 9.94. The first-order valence-corrected chi connectivity index (χ1v) is 8.06. The highest BCUT2D eigenvalue weighted by Gasteiger charge is 2.17. The molecule has 2 aromatic rings. The van der Waals surface area contributed by atoms with Gasteiger partial charge in [0.05, 0.1) is 9.92 Å². The molecule has 0 saturated heterocycles. The Morgan fingerprint density at radius 3 is 2.71 bits per heavy atom. The van der Waals surface area contributed by atoms with Gasteiger partial charge in [-0.3, -0.25) is 9.52 Å². The second kappa shape index (κ2) is 6.24. The Balaban J connectivity index is 2.36. The Bertz CT molecular complexity index is 775. The van der Waals surface area contributed by atoms with Crippen LogP contribution in [-0.4, -0.2) is 19.2 Å². The summed E-state index contributed by atoms with van der Waals surface area (Å²) in [6.07, 6.45) is 1.74. The summed E-state index contributed by atoms with van der Waals surface area (Å²) in [7, 11) is -3.85. The number of nitrogens with one attached hydrogen (secondary N) is 1. The van der Waals surface area contributed by atoms with E-state index >= 15 is 0 Å². The summed E-state index contributed by atoms with van der Waals surface area (Å²) in [5, 5.41) is 0.196. The van der Waals surface area contributed by atoms with Gasteiger partial charge in [-0.1, -0.05) is 30.7 Å². The number of benzene rings is 1. The van der Waals surface area contributed by atoms with E-state index in [9.17, 15) is 13.2 Å². The maximum absolute atomic E-state index is 12.3. The average Bonchev–Trinajstić information content (AvgIpc) is 2.49. The zero-order valence-electron chi connectivity index (χ0n) is 11.2. The maximum Gasteiger partial charge on any atom is 0.263 e. The highest BCUT2D eigenvalue weighted by molar-refractivity contribution is 7.92. The summed E-state index contributed by atoms with van der Waals surface area (Å²) in [6, 6.07) is 8.98. The third-order valence-corrected chi connectivity index (χ3v) is 4.42. The van der Waals surface area contributed by atoms with E-state index in [1.54, 1.807) is 19.1 Å². The van der Waals surface area contributed by atoms with Crippen LogP contribution in [0.1, 0.15) is 23.7 Å². The second-order valence-electron chi connectivity index (χ2n) is 4.24. The Hall–Kier alpha value is -1.92. The molecule has 5 nitrogen and oxygen atoms in total. The highest BCUT2D eigenvalue weighted by atomic mass is 35.5. The van der Waals surface area contributed by atoms with E-state index in [0.29, 0.717) is 12.0 Å². The highest BCUT2D eigenvalue weighted by Crippen LogP contribution is 2.22. The number of anilines is 1. The largest absolute Gasteiger partial charge is 0.294 e. The number of halogens is 1. The molecule has 1 heterocycles. The fourth-order valence-electron chi connectivity index (χ4n) is 1.69. The number of carbonyl (C=O) groups is 1. The van der Waals surface area contributed by atoms with E-state index in [2.05, 4.69) is 9.71 Å². The summed E-state index contributed by atoms with van der Waals surface area (Å²) < 4.78 is 26.9. The third-order valence-electron chi connectivity index (χ3n) is 2.78. The molecule has 1 aromatic heterocycles. The molecule has 21 heavy (non-hydrogen) atoms. The monoisotopic (exact) mass is 324 g/mol. The van der Waals surface area contributed by atoms with E-state index in [1.807, 2.05) is 0 Å². The van der Waals surface area contributed by atoms with E-state index in [4.69, 9.17) is 11.6 Å². The predicted octanol–water partition coefficient (Wildman–Crippen LogP) is 3.13. The zero-order valence-corrected chi connectivity index (χ0v) is 12.8. The molecule has 0 atom stereocenters. The van der Waals surface area contributed by atoms with Crippen molar-refractivity contribution in [2.24, 2.45) is 0 Å². The Morgan fingerprint density at radius 1 is 1.29 bits per heavy atom. The van der Waals surface area contributed by atoms with Crippen molar-refractivity contribution in [3.63, 3.8) is 0 Å². The van der Waals surface area contributed by atoms with Gasteiger partial charge in [-0.15, -0.1) is 0 Å². The molecule has 110 valence electrons. The summed E-state index contributed by atoms with van der Waals surface area (Å²) in [6.45, 7) is 1.72. The van der Waals surface area contributed by atoms with Gasteiger partial charge in [0.25, 0.3) is 10.0 Å². The van der Waals surface area contributed by atoms with Crippen LogP contribution >= 0.6 is 11.6 Å². The number of hydrogen-bond donors (Lipinski definition) is 1. The minimum atomic E-state index is -3.85. The van der Waals surface area contributed by atoms with Crippen molar-refractivity contribution >= 4 is 33.2 Å². The van der Waals surface area contributed by atoms with Gasteiger partial charge in [-0.25, -0.2) is 13.4 Å². The molecule has 0 amide bonds. The molecule has 0 aliphatic heterocycles. The first-order valence-electron chi connectivity index (χ1n) is 6.20. The van der Waals surface area contributed by atoms with Gasteiger partial charge in [-0.05, 0) is 24.3 Å². The lowest BCUT2D eigenvalue weighted by Gasteiger charge is -2.09. The third kappa shape index (κ3) is 3.59. The number of Topliss-reactive ketones (excluding diaryl/α,β-unsaturated/α-hetero) is 1. The number of rotatable bonds is 5. The van der Waals surface area contributed by atoms with Gasteiger partial charge in [-0.2, -0.15) is 0 Å². The van der Waals surface area contributed by atoms with Crippen LogP contribution in [0.5, 0.6) is 0 Å². The lowest BCUT2D eigenvalue weighted by Crippen LogP contribution is -2.14. The summed E-state index contributed by atoms with van der Waals surface area (Å²) in [5.74, 6) is -0.0747. The molecule has 0 unspecified atom stereocenters. The molecular formula is C14H13ClN2O3S. The van der Waals surface area contributed by atoms with Crippen molar-refractivity contribution in [3.8, 4) is 0 Å². The van der Waals surface area contributed by atoms with Gasteiger partial charge < -0.3 is 0 Å². The van der Waals surface area contributed by atoms with Crippen LogP contribution in [0.15, 0.2) is 47.5 Å². The van der Waals surface area contributed by atoms with Gasteiger partial charge >= 0.3 is 0 Å². The molecule has 0 bridgehead atoms. The summed E-state index contributed by atoms with van der Waals surface area (Å²) in [4.78, 5) is 15.5. The van der Waals surface area contributed by atoms with Crippen LogP contribution in [0.2, 0.25) is 5.02 Å². The van der Waals surface area contributed by atoms with Gasteiger partial charge in [0.1, 0.15) is 0 Å². The van der Waals surface area contributed by atoms with Crippen molar-refractivity contribution in [2.45, 2.75) is 18.2 Å². The number of pyridine rings is 1. The van der Waals surface area contributed by atoms with Crippen LogP contribution in [0.3, 0.4) is 0 Å². The van der Waals surface area contributed by atoms with Crippen molar-refractivity contribution in [1.82, 2.24) is 4.98 Å². The van der Waals surface area contributed by atoms with Crippen LogP contribution in [-0.2, 0) is 10.0 Å². The average molecular weight is 325 g/mol. The van der Waals surface area contributed by atoms with Gasteiger partial charge in [0.15, 0.2) is 11.6 Å². The second-order valence-corrected chi connectivity index (χ2v) is 6.33. The first kappa shape index (κ1) is 15.5. The van der Waals surface area contributed by atoms with Crippen LogP contribution in [0, 0.1) is 0 Å². The minimum absolute atomic E-state index is 0.0106. The quantitative estimate of drug-likeness (QED) is 0.857. The van der Waals surface area contributed by atoms with E-state index in [1.165, 1.54) is 30.5 Å². The molecule has 7 heteroatoms. The standard InChI is InChI=1S/C14H13ClN2O3S/c1-2-13(18)10-5-3-6-11(9-10)21(19,20)17-14-12(15)7-4-8-16-14/h3-9H,2H2,1H3,(H,16,17). The minimum Gasteiger partial charge on any atom is -0.294 e. The van der Waals surface area contributed by atoms with E-state index in [-0.39, 0.29) is 21.5 Å². The molecule has 2 rings (SSSR count). The molecule has 0 spiro atoms. The number of carbonyl (C=O) groups excluding carboxylic acids is 1. The summed E-state index contributed by atoms with van der Waals surface area (Å²) >= 11 is 5.88. The lowest BCUT2D eigenvalue weighted by atomic mass is 10.1. The van der Waals surface area contributed by atoms with Gasteiger partial charge in [0, 0.05) is 18.2 Å². The van der Waals surface area contributed by atoms with Crippen molar-refractivity contribution in [2.75, 3.05) is 4.72 Å².